The summed E-state index contributed by atoms with van der Waals surface area (Å²) < 4.78 is 0. The highest BCUT2D eigenvalue weighted by atomic mass is 15.0. The number of hydrogen-bond donors (Lipinski definition) is 1. The predicted octanol–water partition coefficient (Wildman–Crippen LogP) is 2.98. The zero-order chi connectivity index (χ0) is 10.7. The highest BCUT2D eigenvalue weighted by molar-refractivity contribution is 5.82. The van der Waals surface area contributed by atoms with E-state index in [0.29, 0.717) is 6.04 Å². The highest BCUT2D eigenvalue weighted by Crippen LogP contribution is 2.34. The Morgan fingerprint density at radius 3 is 2.80 bits per heavy atom. The predicted molar refractivity (Wildman–Crippen MR) is 65.3 cm³/mol. The molecule has 2 nitrogen and oxygen atoms in total. The van der Waals surface area contributed by atoms with Crippen LogP contribution in [0.25, 0.3) is 0 Å². The summed E-state index contributed by atoms with van der Waals surface area (Å²) in [7, 11) is 0. The Morgan fingerprint density at radius 1 is 1.33 bits per heavy atom. The van der Waals surface area contributed by atoms with Crippen LogP contribution in [0.15, 0.2) is 4.99 Å². The van der Waals surface area contributed by atoms with Gasteiger partial charge in [-0.25, -0.2) is 0 Å². The van der Waals surface area contributed by atoms with Crippen molar-refractivity contribution < 1.29 is 0 Å². The lowest BCUT2D eigenvalue weighted by molar-refractivity contribution is 0.366. The van der Waals surface area contributed by atoms with Gasteiger partial charge in [0.15, 0.2) is 0 Å². The Morgan fingerprint density at radius 2 is 2.20 bits per heavy atom. The number of rotatable bonds is 2. The monoisotopic (exact) mass is 208 g/mol. The molecule has 2 heteroatoms. The van der Waals surface area contributed by atoms with Gasteiger partial charge in [0.25, 0.3) is 0 Å². The van der Waals surface area contributed by atoms with Crippen molar-refractivity contribution >= 4 is 5.84 Å². The van der Waals surface area contributed by atoms with Crippen LogP contribution >= 0.6 is 0 Å². The zero-order valence-corrected chi connectivity index (χ0v) is 10.1. The van der Waals surface area contributed by atoms with E-state index in [1.807, 2.05) is 0 Å². The quantitative estimate of drug-likeness (QED) is 0.741. The maximum atomic E-state index is 4.58. The van der Waals surface area contributed by atoms with Gasteiger partial charge in [0, 0.05) is 19.0 Å². The summed E-state index contributed by atoms with van der Waals surface area (Å²) in [5.41, 5.74) is 0. The molecule has 0 aromatic heterocycles. The number of nitrogens with one attached hydrogen (secondary N) is 1. The molecule has 1 fully saturated rings. The third kappa shape index (κ3) is 2.53. The average molecular weight is 208 g/mol. The van der Waals surface area contributed by atoms with Gasteiger partial charge < -0.3 is 5.32 Å². The van der Waals surface area contributed by atoms with Gasteiger partial charge in [-0.1, -0.05) is 20.3 Å². The van der Waals surface area contributed by atoms with Crippen LogP contribution in [0, 0.1) is 11.8 Å². The van der Waals surface area contributed by atoms with Crippen LogP contribution in [0.4, 0.5) is 0 Å². The molecule has 15 heavy (non-hydrogen) atoms. The van der Waals surface area contributed by atoms with Crippen molar-refractivity contribution in [3.8, 4) is 0 Å². The molecule has 0 saturated heterocycles. The number of hydrogen-bond acceptors (Lipinski definition) is 2. The van der Waals surface area contributed by atoms with E-state index in [1.54, 1.807) is 0 Å². The molecule has 0 aromatic carbocycles. The van der Waals surface area contributed by atoms with Crippen LogP contribution in [-0.4, -0.2) is 18.4 Å². The first-order valence-corrected chi connectivity index (χ1v) is 6.61. The largest absolute Gasteiger partial charge is 0.371 e. The van der Waals surface area contributed by atoms with Gasteiger partial charge in [0.05, 0.1) is 5.84 Å². The average Bonchev–Trinajstić information content (AvgIpc) is 2.62. The molecular weight excluding hydrogens is 184 g/mol. The lowest BCUT2D eigenvalue weighted by Crippen LogP contribution is -2.38. The Hall–Kier alpha value is -0.530. The van der Waals surface area contributed by atoms with Crippen molar-refractivity contribution in [1.82, 2.24) is 5.32 Å². The summed E-state index contributed by atoms with van der Waals surface area (Å²) in [6, 6.07) is 0.701. The first-order valence-electron chi connectivity index (χ1n) is 6.61. The first kappa shape index (κ1) is 11.0. The van der Waals surface area contributed by atoms with E-state index in [9.17, 15) is 0 Å². The van der Waals surface area contributed by atoms with Crippen LogP contribution in [0.1, 0.15) is 52.4 Å². The Bertz CT molecular complexity index is 235. The summed E-state index contributed by atoms with van der Waals surface area (Å²) in [6.45, 7) is 5.77. The third-order valence-electron chi connectivity index (χ3n) is 4.23. The minimum Gasteiger partial charge on any atom is -0.371 e. The van der Waals surface area contributed by atoms with Crippen molar-refractivity contribution in [1.29, 1.82) is 0 Å². The van der Waals surface area contributed by atoms with Crippen molar-refractivity contribution in [2.75, 3.05) is 6.54 Å². The van der Waals surface area contributed by atoms with Gasteiger partial charge in [-0.05, 0) is 37.5 Å². The van der Waals surface area contributed by atoms with E-state index in [4.69, 9.17) is 0 Å². The van der Waals surface area contributed by atoms with Gasteiger partial charge >= 0.3 is 0 Å². The minimum atomic E-state index is 0.701. The maximum absolute atomic E-state index is 4.58. The fraction of sp³-hybridized carbons (Fsp3) is 0.923. The van der Waals surface area contributed by atoms with Crippen LogP contribution in [0.2, 0.25) is 0 Å². The number of amidine groups is 1. The van der Waals surface area contributed by atoms with Gasteiger partial charge in [-0.2, -0.15) is 0 Å². The molecule has 1 N–H and O–H groups in total. The second kappa shape index (κ2) is 5.00. The first-order chi connectivity index (χ1) is 7.31. The highest BCUT2D eigenvalue weighted by Gasteiger charge is 2.31. The summed E-state index contributed by atoms with van der Waals surface area (Å²) in [6.07, 6.45) is 7.88. The molecule has 0 amide bonds. The molecule has 86 valence electrons. The summed E-state index contributed by atoms with van der Waals surface area (Å²) in [5, 5.41) is 3.68. The van der Waals surface area contributed by atoms with Crippen molar-refractivity contribution in [3.63, 3.8) is 0 Å². The maximum Gasteiger partial charge on any atom is 0.0965 e. The molecular formula is C13H24N2. The van der Waals surface area contributed by atoms with Crippen LogP contribution < -0.4 is 5.32 Å². The summed E-state index contributed by atoms with van der Waals surface area (Å²) >= 11 is 0. The van der Waals surface area contributed by atoms with Crippen molar-refractivity contribution in [3.05, 3.63) is 0 Å². The lowest BCUT2D eigenvalue weighted by atomic mass is 9.93. The molecule has 3 unspecified atom stereocenters. The number of aliphatic imine (C=N–C) groups is 1. The molecule has 2 rings (SSSR count). The number of nitrogens with zero attached hydrogens (tertiary/aromatic N) is 1. The van der Waals surface area contributed by atoms with Gasteiger partial charge in [0.2, 0.25) is 0 Å². The summed E-state index contributed by atoms with van der Waals surface area (Å²) in [5.74, 6) is 3.06. The zero-order valence-electron chi connectivity index (χ0n) is 10.1. The Kier molecular flexibility index (Phi) is 3.66. The van der Waals surface area contributed by atoms with Crippen LogP contribution in [0.3, 0.4) is 0 Å². The van der Waals surface area contributed by atoms with Crippen molar-refractivity contribution in [2.24, 2.45) is 16.8 Å². The molecule has 1 heterocycles. The normalized spacial score (nSPS) is 36.4. The van der Waals surface area contributed by atoms with Gasteiger partial charge in [0.1, 0.15) is 0 Å². The minimum absolute atomic E-state index is 0.701. The molecule has 3 atom stereocenters. The van der Waals surface area contributed by atoms with E-state index < -0.39 is 0 Å². The Labute approximate surface area is 93.6 Å². The summed E-state index contributed by atoms with van der Waals surface area (Å²) in [4.78, 5) is 4.58. The van der Waals surface area contributed by atoms with E-state index in [1.165, 1.54) is 44.4 Å². The van der Waals surface area contributed by atoms with E-state index >= 15 is 0 Å². The smallest absolute Gasteiger partial charge is 0.0965 e. The van der Waals surface area contributed by atoms with Gasteiger partial charge in [-0.15, -0.1) is 0 Å². The second-order valence-electron chi connectivity index (χ2n) is 5.14. The van der Waals surface area contributed by atoms with E-state index in [-0.39, 0.29) is 0 Å². The second-order valence-corrected chi connectivity index (χ2v) is 5.14. The third-order valence-corrected chi connectivity index (χ3v) is 4.23. The van der Waals surface area contributed by atoms with E-state index in [2.05, 4.69) is 24.2 Å². The SMILES string of the molecule is CCC1CCC(NC2=NCCCC2)C1C. The van der Waals surface area contributed by atoms with Crippen molar-refractivity contribution in [2.45, 2.75) is 58.4 Å². The molecule has 1 aliphatic heterocycles. The molecule has 0 spiro atoms. The van der Waals surface area contributed by atoms with Gasteiger partial charge in [-0.3, -0.25) is 4.99 Å². The van der Waals surface area contributed by atoms with Crippen LogP contribution in [-0.2, 0) is 0 Å². The molecule has 0 bridgehead atoms. The topological polar surface area (TPSA) is 24.4 Å². The molecule has 0 aromatic rings. The molecule has 0 radical (unpaired) electrons. The standard InChI is InChI=1S/C13H24N2/c1-3-11-7-8-12(10(11)2)15-13-6-4-5-9-14-13/h10-12H,3-9H2,1-2H3,(H,14,15). The molecule has 2 aliphatic rings. The fourth-order valence-corrected chi connectivity index (χ4v) is 3.06. The lowest BCUT2D eigenvalue weighted by Gasteiger charge is -2.24. The Balaban J connectivity index is 1.87. The van der Waals surface area contributed by atoms with Crippen LogP contribution in [0.5, 0.6) is 0 Å². The molecule has 1 saturated carbocycles. The molecule has 1 aliphatic carbocycles. The van der Waals surface area contributed by atoms with E-state index in [0.717, 1.165) is 18.4 Å². The fourth-order valence-electron chi connectivity index (χ4n) is 3.06.